The van der Waals surface area contributed by atoms with Gasteiger partial charge in [0.25, 0.3) is 0 Å². The van der Waals surface area contributed by atoms with E-state index in [1.807, 2.05) is 36.4 Å². The van der Waals surface area contributed by atoms with Crippen LogP contribution in [0.3, 0.4) is 0 Å². The van der Waals surface area contributed by atoms with Crippen LogP contribution in [-0.4, -0.2) is 49.5 Å². The number of aliphatic hydroxyl groups is 3. The predicted octanol–water partition coefficient (Wildman–Crippen LogP) is 6.88. The van der Waals surface area contributed by atoms with Crippen LogP contribution in [0.25, 0.3) is 0 Å². The van der Waals surface area contributed by atoms with E-state index in [1.165, 1.54) is 41.5 Å². The summed E-state index contributed by atoms with van der Waals surface area (Å²) in [6.45, 7) is 17.7. The van der Waals surface area contributed by atoms with Crippen LogP contribution in [0.2, 0.25) is 0 Å². The predicted molar refractivity (Wildman–Crippen MR) is 177 cm³/mol. The molecule has 240 valence electrons. The molecule has 6 nitrogen and oxygen atoms in total. The number of benzene rings is 3. The summed E-state index contributed by atoms with van der Waals surface area (Å²) in [4.78, 5) is 38.6. The molecule has 1 aliphatic rings. The maximum absolute atomic E-state index is 13.2. The molecule has 3 N–H and O–H groups in total. The van der Waals surface area contributed by atoms with E-state index in [1.54, 1.807) is 30.3 Å². The van der Waals surface area contributed by atoms with Gasteiger partial charge in [-0.25, -0.2) is 0 Å². The summed E-state index contributed by atoms with van der Waals surface area (Å²) in [5.74, 6) is -1.02. The molecule has 0 saturated carbocycles. The second-order valence-electron chi connectivity index (χ2n) is 15.7. The van der Waals surface area contributed by atoms with E-state index in [2.05, 4.69) is 27.7 Å². The lowest BCUT2D eigenvalue weighted by atomic mass is 9.66. The molecule has 4 rings (SSSR count). The van der Waals surface area contributed by atoms with Crippen molar-refractivity contribution in [1.29, 1.82) is 0 Å². The first-order valence-corrected chi connectivity index (χ1v) is 15.6. The van der Waals surface area contributed by atoms with Crippen molar-refractivity contribution in [2.75, 3.05) is 0 Å². The third-order valence-electron chi connectivity index (χ3n) is 9.48. The fraction of sp³-hybridized carbons (Fsp3) is 0.462. The Bertz CT molecular complexity index is 1620. The van der Waals surface area contributed by atoms with E-state index in [9.17, 15) is 29.7 Å². The van der Waals surface area contributed by atoms with Crippen molar-refractivity contribution in [3.8, 4) is 0 Å². The number of ketones is 3. The molecule has 45 heavy (non-hydrogen) atoms. The highest BCUT2D eigenvalue weighted by Gasteiger charge is 2.50. The fourth-order valence-electron chi connectivity index (χ4n) is 7.25. The summed E-state index contributed by atoms with van der Waals surface area (Å²) in [6, 6.07) is 20.6. The van der Waals surface area contributed by atoms with E-state index in [4.69, 9.17) is 0 Å². The monoisotopic (exact) mass is 612 g/mol. The molecular formula is C39H48O6. The van der Waals surface area contributed by atoms with Gasteiger partial charge in [-0.1, -0.05) is 88.4 Å². The first-order chi connectivity index (χ1) is 20.4. The molecule has 0 radical (unpaired) electrons. The van der Waals surface area contributed by atoms with E-state index >= 15 is 0 Å². The van der Waals surface area contributed by atoms with Gasteiger partial charge in [-0.2, -0.15) is 0 Å². The third-order valence-corrected chi connectivity index (χ3v) is 9.48. The Kier molecular flexibility index (Phi) is 8.50. The van der Waals surface area contributed by atoms with Crippen LogP contribution in [-0.2, 0) is 16.2 Å². The van der Waals surface area contributed by atoms with Gasteiger partial charge in [0.05, 0.1) is 0 Å². The Labute approximate surface area is 267 Å². The van der Waals surface area contributed by atoms with Crippen LogP contribution < -0.4 is 0 Å². The van der Waals surface area contributed by atoms with Crippen LogP contribution in [0.4, 0.5) is 0 Å². The Morgan fingerprint density at radius 2 is 1.00 bits per heavy atom. The molecule has 0 spiro atoms. The minimum absolute atomic E-state index is 0.335. The SMILES string of the molecule is CC(C)(O)C(=O)c1ccc(C(C)(C)CC2(C)CC(C)(c3ccc(C(=O)C(C)(C)O)cc3)c3ccc(C(=O)C(C)(C)O)cc32)cc1. The molecule has 2 atom stereocenters. The van der Waals surface area contributed by atoms with Crippen LogP contribution in [0.15, 0.2) is 66.7 Å². The van der Waals surface area contributed by atoms with Gasteiger partial charge in [0.2, 0.25) is 0 Å². The molecule has 0 amide bonds. The normalized spacial score (nSPS) is 20.6. The highest BCUT2D eigenvalue weighted by Crippen LogP contribution is 2.57. The van der Waals surface area contributed by atoms with Crippen LogP contribution in [0, 0.1) is 0 Å². The minimum atomic E-state index is -1.52. The summed E-state index contributed by atoms with van der Waals surface area (Å²) in [7, 11) is 0. The van der Waals surface area contributed by atoms with E-state index in [0.29, 0.717) is 16.7 Å². The number of carbonyl (C=O) groups is 3. The first kappa shape index (κ1) is 34.4. The molecule has 0 aromatic heterocycles. The van der Waals surface area contributed by atoms with E-state index in [0.717, 1.165) is 35.1 Å². The number of fused-ring (bicyclic) bond motifs is 1. The summed E-state index contributed by atoms with van der Waals surface area (Å²) in [5, 5.41) is 31.0. The fourth-order valence-corrected chi connectivity index (χ4v) is 7.25. The van der Waals surface area contributed by atoms with Crippen LogP contribution in [0.5, 0.6) is 0 Å². The number of rotatable bonds is 10. The van der Waals surface area contributed by atoms with Crippen molar-refractivity contribution < 1.29 is 29.7 Å². The highest BCUT2D eigenvalue weighted by molar-refractivity contribution is 6.03. The van der Waals surface area contributed by atoms with Crippen molar-refractivity contribution in [2.45, 2.75) is 115 Å². The largest absolute Gasteiger partial charge is 0.382 e. The molecule has 0 bridgehead atoms. The Morgan fingerprint density at radius 1 is 0.600 bits per heavy atom. The molecule has 3 aromatic rings. The van der Waals surface area contributed by atoms with Crippen molar-refractivity contribution in [1.82, 2.24) is 0 Å². The Hall–Kier alpha value is -3.45. The molecule has 0 aliphatic heterocycles. The average molecular weight is 613 g/mol. The highest BCUT2D eigenvalue weighted by atomic mass is 16.3. The Morgan fingerprint density at radius 3 is 1.44 bits per heavy atom. The van der Waals surface area contributed by atoms with E-state index in [-0.39, 0.29) is 22.8 Å². The second-order valence-corrected chi connectivity index (χ2v) is 15.7. The zero-order chi connectivity index (χ0) is 34.0. The quantitative estimate of drug-likeness (QED) is 0.215. The van der Waals surface area contributed by atoms with Crippen LogP contribution >= 0.6 is 0 Å². The number of hydrogen-bond acceptors (Lipinski definition) is 6. The maximum atomic E-state index is 13.2. The molecule has 0 saturated heterocycles. The number of Topliss-reactive ketones (excluding diaryl/α,β-unsaturated/α-hetero) is 3. The molecule has 3 aromatic carbocycles. The van der Waals surface area contributed by atoms with Crippen molar-refractivity contribution in [3.05, 3.63) is 106 Å². The summed E-state index contributed by atoms with van der Waals surface area (Å²) < 4.78 is 0. The van der Waals surface area contributed by atoms with Crippen molar-refractivity contribution in [2.24, 2.45) is 0 Å². The van der Waals surface area contributed by atoms with Crippen LogP contribution in [0.1, 0.15) is 135 Å². The van der Waals surface area contributed by atoms with Gasteiger partial charge >= 0.3 is 0 Å². The van der Waals surface area contributed by atoms with E-state index < -0.39 is 27.6 Å². The van der Waals surface area contributed by atoms with Gasteiger partial charge in [0.15, 0.2) is 17.3 Å². The zero-order valence-corrected chi connectivity index (χ0v) is 28.3. The topological polar surface area (TPSA) is 112 Å². The van der Waals surface area contributed by atoms with Gasteiger partial charge in [-0.05, 0) is 93.5 Å². The minimum Gasteiger partial charge on any atom is -0.382 e. The molecule has 0 fully saturated rings. The lowest BCUT2D eigenvalue weighted by Gasteiger charge is -2.38. The summed E-state index contributed by atoms with van der Waals surface area (Å²) in [6.07, 6.45) is 1.45. The molecule has 0 heterocycles. The molecule has 1 aliphatic carbocycles. The molecule has 6 heteroatoms. The van der Waals surface area contributed by atoms with Gasteiger partial charge in [0.1, 0.15) is 16.8 Å². The summed E-state index contributed by atoms with van der Waals surface area (Å²) >= 11 is 0. The van der Waals surface area contributed by atoms with Gasteiger partial charge < -0.3 is 15.3 Å². The lowest BCUT2D eigenvalue weighted by molar-refractivity contribution is 0.0487. The summed E-state index contributed by atoms with van der Waals surface area (Å²) in [5.41, 5.74) is -0.0959. The molecular weight excluding hydrogens is 564 g/mol. The first-order valence-electron chi connectivity index (χ1n) is 15.6. The zero-order valence-electron chi connectivity index (χ0n) is 28.3. The average Bonchev–Trinajstić information content (AvgIpc) is 3.16. The lowest BCUT2D eigenvalue weighted by Crippen LogP contribution is -2.34. The Balaban J connectivity index is 1.79. The van der Waals surface area contributed by atoms with Gasteiger partial charge in [0, 0.05) is 22.1 Å². The maximum Gasteiger partial charge on any atom is 0.193 e. The molecule has 2 unspecified atom stereocenters. The second kappa shape index (κ2) is 11.1. The number of carbonyl (C=O) groups excluding carboxylic acids is 3. The standard InChI is InChI=1S/C39H48O6/c1-34(2,27-16-11-24(12-17-27)31(40)35(3,4)43)22-38(9)23-39(10,28-18-13-25(14-19-28)32(41)36(5,6)44)29-20-15-26(21-30(29)38)33(42)37(7,8)45/h11-21,43-45H,22-23H2,1-10H3. The smallest absolute Gasteiger partial charge is 0.193 e. The third kappa shape index (κ3) is 6.60. The number of hydrogen-bond donors (Lipinski definition) is 3. The van der Waals surface area contributed by atoms with Gasteiger partial charge in [-0.15, -0.1) is 0 Å². The van der Waals surface area contributed by atoms with Crippen molar-refractivity contribution >= 4 is 17.3 Å². The van der Waals surface area contributed by atoms with Crippen molar-refractivity contribution in [3.63, 3.8) is 0 Å². The van der Waals surface area contributed by atoms with Gasteiger partial charge in [-0.3, -0.25) is 14.4 Å².